The number of thiazole rings is 1. The molecule has 8 heteroatoms. The second-order valence-electron chi connectivity index (χ2n) is 9.85. The van der Waals surface area contributed by atoms with E-state index in [0.29, 0.717) is 37.8 Å². The number of hydrogen-bond donors (Lipinski definition) is 2. The Morgan fingerprint density at radius 2 is 1.89 bits per heavy atom. The lowest BCUT2D eigenvalue weighted by atomic mass is 9.80. The monoisotopic (exact) mass is 491 g/mol. The van der Waals surface area contributed by atoms with Gasteiger partial charge in [-0.05, 0) is 81.2 Å². The zero-order valence-corrected chi connectivity index (χ0v) is 21.0. The largest absolute Gasteiger partial charge is 0.393 e. The Morgan fingerprint density at radius 1 is 1.09 bits per heavy atom. The summed E-state index contributed by atoms with van der Waals surface area (Å²) in [5, 5.41) is 14.1. The van der Waals surface area contributed by atoms with Crippen molar-refractivity contribution in [3.63, 3.8) is 0 Å². The maximum absolute atomic E-state index is 12.9. The number of anilines is 2. The van der Waals surface area contributed by atoms with Gasteiger partial charge in [0.05, 0.1) is 21.7 Å². The number of nitrogens with zero attached hydrogens (tertiary/aromatic N) is 4. The van der Waals surface area contributed by atoms with Crippen molar-refractivity contribution in [2.45, 2.75) is 58.0 Å². The summed E-state index contributed by atoms with van der Waals surface area (Å²) in [7, 11) is 0. The van der Waals surface area contributed by atoms with Crippen molar-refractivity contribution >= 4 is 28.9 Å². The summed E-state index contributed by atoms with van der Waals surface area (Å²) < 4.78 is 0. The highest BCUT2D eigenvalue weighted by atomic mass is 32.1. The van der Waals surface area contributed by atoms with Crippen LogP contribution in [0.25, 0.3) is 10.6 Å². The zero-order chi connectivity index (χ0) is 24.2. The molecular formula is C27H33N5O2S. The summed E-state index contributed by atoms with van der Waals surface area (Å²) >= 11 is 1.71. The van der Waals surface area contributed by atoms with Crippen LogP contribution in [0.1, 0.15) is 49.1 Å². The highest BCUT2D eigenvalue weighted by molar-refractivity contribution is 7.15. The number of aromatic nitrogens is 3. The predicted molar refractivity (Wildman–Crippen MR) is 139 cm³/mol. The van der Waals surface area contributed by atoms with E-state index in [1.54, 1.807) is 17.5 Å². The first-order valence-electron chi connectivity index (χ1n) is 12.6. The highest BCUT2D eigenvalue weighted by Crippen LogP contribution is 2.35. The smallest absolute Gasteiger partial charge is 0.225 e. The van der Waals surface area contributed by atoms with Gasteiger partial charge in [0, 0.05) is 37.8 Å². The van der Waals surface area contributed by atoms with Crippen molar-refractivity contribution in [3.05, 3.63) is 53.3 Å². The minimum Gasteiger partial charge on any atom is -0.393 e. The van der Waals surface area contributed by atoms with Gasteiger partial charge in [0.25, 0.3) is 0 Å². The number of aliphatic hydroxyl groups is 1. The van der Waals surface area contributed by atoms with E-state index in [1.165, 1.54) is 0 Å². The third-order valence-electron chi connectivity index (χ3n) is 7.16. The van der Waals surface area contributed by atoms with E-state index >= 15 is 0 Å². The molecule has 2 N–H and O–H groups in total. The number of likely N-dealkylation sites (tertiary alicyclic amines) is 1. The average Bonchev–Trinajstić information content (AvgIpc) is 3.33. The summed E-state index contributed by atoms with van der Waals surface area (Å²) in [6, 6.07) is 9.93. The number of piperidine rings is 1. The molecule has 2 aliphatic rings. The Labute approximate surface area is 210 Å². The first-order valence-corrected chi connectivity index (χ1v) is 13.4. The molecule has 0 atom stereocenters. The molecule has 0 spiro atoms. The van der Waals surface area contributed by atoms with E-state index in [-0.39, 0.29) is 12.0 Å². The molecule has 2 fully saturated rings. The molecule has 1 saturated heterocycles. The van der Waals surface area contributed by atoms with Crippen LogP contribution in [0.2, 0.25) is 0 Å². The number of carbonyl (C=O) groups excluding carboxylic acids is 1. The number of carbonyl (C=O) groups is 1. The molecule has 5 rings (SSSR count). The number of amides is 1. The summed E-state index contributed by atoms with van der Waals surface area (Å²) in [5.74, 6) is 2.57. The van der Waals surface area contributed by atoms with Crippen molar-refractivity contribution in [1.82, 2.24) is 19.9 Å². The quantitative estimate of drug-likeness (QED) is 0.505. The van der Waals surface area contributed by atoms with Gasteiger partial charge >= 0.3 is 0 Å². The summed E-state index contributed by atoms with van der Waals surface area (Å²) in [6.45, 7) is 3.45. The topological polar surface area (TPSA) is 91.2 Å². The molecule has 0 unspecified atom stereocenters. The third-order valence-corrected chi connectivity index (χ3v) is 8.20. The van der Waals surface area contributed by atoms with Crippen LogP contribution >= 0.6 is 11.3 Å². The predicted octanol–water partition coefficient (Wildman–Crippen LogP) is 4.98. The van der Waals surface area contributed by atoms with E-state index in [4.69, 9.17) is 9.97 Å². The molecule has 3 aromatic heterocycles. The Morgan fingerprint density at radius 3 is 2.66 bits per heavy atom. The van der Waals surface area contributed by atoms with E-state index in [1.807, 2.05) is 48.4 Å². The maximum atomic E-state index is 12.9. The molecule has 0 bridgehead atoms. The second kappa shape index (κ2) is 10.8. The van der Waals surface area contributed by atoms with Crippen LogP contribution in [0.3, 0.4) is 0 Å². The minimum atomic E-state index is -0.239. The third kappa shape index (κ3) is 6.05. The average molecular weight is 492 g/mol. The van der Waals surface area contributed by atoms with Crippen LogP contribution in [0.5, 0.6) is 0 Å². The molecule has 7 nitrogen and oxygen atoms in total. The van der Waals surface area contributed by atoms with Gasteiger partial charge < -0.3 is 15.3 Å². The number of rotatable bonds is 6. The lowest BCUT2D eigenvalue weighted by Crippen LogP contribution is -2.43. The van der Waals surface area contributed by atoms with Crippen LogP contribution in [0.15, 0.2) is 42.7 Å². The number of aliphatic hydroxyl groups excluding tert-OH is 1. The Balaban J connectivity index is 1.15. The van der Waals surface area contributed by atoms with Crippen LogP contribution in [0.4, 0.5) is 11.6 Å². The zero-order valence-electron chi connectivity index (χ0n) is 20.2. The Bertz CT molecular complexity index is 1150. The molecule has 4 heterocycles. The molecule has 0 radical (unpaired) electrons. The summed E-state index contributed by atoms with van der Waals surface area (Å²) in [4.78, 5) is 29.7. The molecule has 35 heavy (non-hydrogen) atoms. The normalized spacial score (nSPS) is 21.1. The van der Waals surface area contributed by atoms with Gasteiger partial charge in [0.15, 0.2) is 0 Å². The van der Waals surface area contributed by atoms with Gasteiger partial charge in [0.1, 0.15) is 11.6 Å². The minimum absolute atomic E-state index is 0.149. The standard InChI is InChI=1S/C27H33N5O2S/c1-18-9-12-28-25(15-18)31-24-4-2-3-22(30-24)23-17-29-26(35-23)16-19-5-7-20(8-6-19)27(34)32-13-10-21(33)11-14-32/h2-4,9,12,15,17,19-21,33H,5-8,10-11,13-14,16H2,1H3,(H,28,30,31). The summed E-state index contributed by atoms with van der Waals surface area (Å²) in [6.07, 6.45) is 9.94. The molecule has 1 saturated carbocycles. The lowest BCUT2D eigenvalue weighted by Gasteiger charge is -2.35. The molecule has 1 amide bonds. The van der Waals surface area contributed by atoms with Crippen molar-refractivity contribution in [2.75, 3.05) is 18.4 Å². The molecular weight excluding hydrogens is 458 g/mol. The van der Waals surface area contributed by atoms with Gasteiger partial charge in [-0.2, -0.15) is 0 Å². The summed E-state index contributed by atoms with van der Waals surface area (Å²) in [5.41, 5.74) is 2.06. The molecule has 0 aromatic carbocycles. The lowest BCUT2D eigenvalue weighted by molar-refractivity contribution is -0.138. The van der Waals surface area contributed by atoms with Gasteiger partial charge in [-0.3, -0.25) is 4.79 Å². The van der Waals surface area contributed by atoms with Crippen LogP contribution < -0.4 is 5.32 Å². The van der Waals surface area contributed by atoms with E-state index in [9.17, 15) is 9.90 Å². The number of hydrogen-bond acceptors (Lipinski definition) is 7. The Hall–Kier alpha value is -2.84. The molecule has 184 valence electrons. The fraction of sp³-hybridized carbons (Fsp3) is 0.481. The van der Waals surface area contributed by atoms with E-state index < -0.39 is 0 Å². The second-order valence-corrected chi connectivity index (χ2v) is 11.0. The van der Waals surface area contributed by atoms with Crippen molar-refractivity contribution in [3.8, 4) is 10.6 Å². The van der Waals surface area contributed by atoms with Crippen molar-refractivity contribution in [2.24, 2.45) is 11.8 Å². The Kier molecular flexibility index (Phi) is 7.39. The van der Waals surface area contributed by atoms with Gasteiger partial charge in [-0.25, -0.2) is 15.0 Å². The first kappa shape index (κ1) is 23.9. The number of pyridine rings is 2. The first-order chi connectivity index (χ1) is 17.0. The number of aryl methyl sites for hydroxylation is 1. The highest BCUT2D eigenvalue weighted by Gasteiger charge is 2.31. The van der Waals surface area contributed by atoms with E-state index in [2.05, 4.69) is 10.3 Å². The van der Waals surface area contributed by atoms with Gasteiger partial charge in [-0.1, -0.05) is 6.07 Å². The van der Waals surface area contributed by atoms with Crippen LogP contribution in [-0.2, 0) is 11.2 Å². The maximum Gasteiger partial charge on any atom is 0.225 e. The molecule has 1 aliphatic carbocycles. The van der Waals surface area contributed by atoms with E-state index in [0.717, 1.165) is 64.9 Å². The van der Waals surface area contributed by atoms with Crippen LogP contribution in [-0.4, -0.2) is 50.1 Å². The fourth-order valence-electron chi connectivity index (χ4n) is 5.11. The fourth-order valence-corrected chi connectivity index (χ4v) is 6.11. The van der Waals surface area contributed by atoms with Crippen LogP contribution in [0, 0.1) is 18.8 Å². The number of nitrogens with one attached hydrogen (secondary N) is 1. The SMILES string of the molecule is Cc1ccnc(Nc2cccc(-c3cnc(CC4CCC(C(=O)N5CCC(O)CC5)CC4)s3)n2)c1. The van der Waals surface area contributed by atoms with Crippen molar-refractivity contribution in [1.29, 1.82) is 0 Å². The van der Waals surface area contributed by atoms with Gasteiger partial charge in [-0.15, -0.1) is 11.3 Å². The van der Waals surface area contributed by atoms with Crippen molar-refractivity contribution < 1.29 is 9.90 Å². The molecule has 3 aromatic rings. The van der Waals surface area contributed by atoms with Gasteiger partial charge in [0.2, 0.25) is 5.91 Å². The molecule has 1 aliphatic heterocycles.